The van der Waals surface area contributed by atoms with E-state index in [2.05, 4.69) is 0 Å². The van der Waals surface area contributed by atoms with Gasteiger partial charge in [0.2, 0.25) is 0 Å². The molecular weight excluding hydrogens is 461 g/mol. The molecule has 3 rings (SSSR count). The minimum Gasteiger partial charge on any atom is -0.494 e. The third kappa shape index (κ3) is 9.37. The summed E-state index contributed by atoms with van der Waals surface area (Å²) in [6.45, 7) is 0.110. The lowest BCUT2D eigenvalue weighted by molar-refractivity contribution is -0.139. The van der Waals surface area contributed by atoms with Gasteiger partial charge < -0.3 is 14.2 Å². The molecule has 0 radical (unpaired) electrons. The van der Waals surface area contributed by atoms with Gasteiger partial charge >= 0.3 is 18.1 Å². The molecule has 0 fully saturated rings. The van der Waals surface area contributed by atoms with Gasteiger partial charge in [-0.3, -0.25) is 0 Å². The zero-order chi connectivity index (χ0) is 25.1. The first-order chi connectivity index (χ1) is 16.8. The summed E-state index contributed by atoms with van der Waals surface area (Å²) in [5.74, 6) is -0.396. The molecule has 0 atom stereocenters. The predicted molar refractivity (Wildman–Crippen MR) is 124 cm³/mol. The molecule has 182 valence electrons. The first kappa shape index (κ1) is 25.6. The van der Waals surface area contributed by atoms with Crippen LogP contribution in [0.15, 0.2) is 84.9 Å². The quantitative estimate of drug-likeness (QED) is 0.145. The second kappa shape index (κ2) is 12.4. The van der Waals surface area contributed by atoms with Crippen LogP contribution in [-0.2, 0) is 16.1 Å². The van der Waals surface area contributed by atoms with E-state index in [0.29, 0.717) is 17.1 Å². The lowest BCUT2D eigenvalue weighted by atomic mass is 10.2. The molecule has 0 spiro atoms. The van der Waals surface area contributed by atoms with E-state index in [0.717, 1.165) is 5.56 Å². The lowest BCUT2D eigenvalue weighted by Gasteiger charge is -2.09. The largest absolute Gasteiger partial charge is 0.494 e. The Kier molecular flexibility index (Phi) is 9.06. The maximum atomic E-state index is 12.3. The van der Waals surface area contributed by atoms with Crippen molar-refractivity contribution in [3.63, 3.8) is 0 Å². The van der Waals surface area contributed by atoms with E-state index >= 15 is 0 Å². The third-order valence-corrected chi connectivity index (χ3v) is 4.69. The molecule has 8 heteroatoms. The Balaban J connectivity index is 1.44. The van der Waals surface area contributed by atoms with E-state index in [4.69, 9.17) is 14.2 Å². The highest BCUT2D eigenvalue weighted by molar-refractivity contribution is 5.91. The van der Waals surface area contributed by atoms with Crippen LogP contribution in [-0.4, -0.2) is 24.7 Å². The number of halogens is 3. The number of rotatable bonds is 10. The Hall–Kier alpha value is -4.07. The van der Waals surface area contributed by atoms with Crippen molar-refractivity contribution < 1.29 is 37.0 Å². The van der Waals surface area contributed by atoms with Crippen LogP contribution in [0.3, 0.4) is 0 Å². The molecular formula is C27H23F3O5. The zero-order valence-corrected chi connectivity index (χ0v) is 18.7. The molecule has 5 nitrogen and oxygen atoms in total. The normalized spacial score (nSPS) is 11.3. The second-order valence-corrected chi connectivity index (χ2v) is 7.48. The minimum atomic E-state index is -4.21. The molecule has 0 aliphatic heterocycles. The van der Waals surface area contributed by atoms with E-state index in [1.165, 1.54) is 30.3 Å². The smallest absolute Gasteiger partial charge is 0.389 e. The van der Waals surface area contributed by atoms with Crippen molar-refractivity contribution in [1.29, 1.82) is 0 Å². The molecule has 0 N–H and O–H groups in total. The van der Waals surface area contributed by atoms with Gasteiger partial charge in [-0.2, -0.15) is 13.2 Å². The third-order valence-electron chi connectivity index (χ3n) is 4.69. The van der Waals surface area contributed by atoms with Crippen LogP contribution in [0.1, 0.15) is 34.3 Å². The van der Waals surface area contributed by atoms with Crippen molar-refractivity contribution in [1.82, 2.24) is 0 Å². The first-order valence-electron chi connectivity index (χ1n) is 10.8. The fraction of sp³-hybridized carbons (Fsp3) is 0.185. The highest BCUT2D eigenvalue weighted by Gasteiger charge is 2.26. The van der Waals surface area contributed by atoms with E-state index in [-0.39, 0.29) is 25.2 Å². The van der Waals surface area contributed by atoms with E-state index in [9.17, 15) is 22.8 Å². The van der Waals surface area contributed by atoms with Crippen LogP contribution in [0.4, 0.5) is 13.2 Å². The second-order valence-electron chi connectivity index (χ2n) is 7.48. The minimum absolute atomic E-state index is 0.0746. The molecule has 0 saturated heterocycles. The molecule has 0 unspecified atom stereocenters. The van der Waals surface area contributed by atoms with Gasteiger partial charge in [-0.15, -0.1) is 0 Å². The first-order valence-corrected chi connectivity index (χ1v) is 10.8. The van der Waals surface area contributed by atoms with Gasteiger partial charge in [-0.1, -0.05) is 42.5 Å². The van der Waals surface area contributed by atoms with Gasteiger partial charge in [-0.05, 0) is 60.0 Å². The zero-order valence-electron chi connectivity index (χ0n) is 18.7. The number of esters is 2. The molecule has 0 heterocycles. The van der Waals surface area contributed by atoms with Crippen molar-refractivity contribution in [2.75, 3.05) is 6.61 Å². The Bertz CT molecular complexity index is 1120. The van der Waals surface area contributed by atoms with Gasteiger partial charge in [0.05, 0.1) is 12.2 Å². The van der Waals surface area contributed by atoms with Gasteiger partial charge in [0, 0.05) is 12.5 Å². The number of carbonyl (C=O) groups excluding carboxylic acids is 2. The van der Waals surface area contributed by atoms with Gasteiger partial charge in [0.15, 0.2) is 0 Å². The topological polar surface area (TPSA) is 61.8 Å². The number of alkyl halides is 3. The lowest BCUT2D eigenvalue weighted by Crippen LogP contribution is -2.10. The summed E-state index contributed by atoms with van der Waals surface area (Å²) >= 11 is 0. The standard InChI is InChI=1S/C27H23F3O5/c28-27(29,30)17-4-18-33-23-14-10-22(11-15-23)26(32)35-24-12-7-20(8-13-24)9-16-25(31)34-19-21-5-2-1-3-6-21/h1-3,5-16H,4,17-19H2/b16-9+. The maximum absolute atomic E-state index is 12.3. The Labute approximate surface area is 200 Å². The summed E-state index contributed by atoms with van der Waals surface area (Å²) in [6, 6.07) is 21.8. The monoisotopic (exact) mass is 484 g/mol. The van der Waals surface area contributed by atoms with Crippen LogP contribution >= 0.6 is 0 Å². The van der Waals surface area contributed by atoms with Crippen molar-refractivity contribution in [3.8, 4) is 11.5 Å². The van der Waals surface area contributed by atoms with Crippen molar-refractivity contribution in [2.24, 2.45) is 0 Å². The average molecular weight is 484 g/mol. The van der Waals surface area contributed by atoms with Crippen LogP contribution in [0.25, 0.3) is 6.08 Å². The predicted octanol–water partition coefficient (Wildman–Crippen LogP) is 6.38. The van der Waals surface area contributed by atoms with Crippen LogP contribution in [0, 0.1) is 0 Å². The van der Waals surface area contributed by atoms with Gasteiger partial charge in [0.25, 0.3) is 0 Å². The number of benzene rings is 3. The summed E-state index contributed by atoms with van der Waals surface area (Å²) in [6.07, 6.45) is -2.36. The summed E-state index contributed by atoms with van der Waals surface area (Å²) in [7, 11) is 0. The maximum Gasteiger partial charge on any atom is 0.389 e. The van der Waals surface area contributed by atoms with E-state index in [1.807, 2.05) is 30.3 Å². The number of carbonyl (C=O) groups is 2. The number of hydrogen-bond donors (Lipinski definition) is 0. The molecule has 0 bridgehead atoms. The Morgan fingerprint density at radius 3 is 2.14 bits per heavy atom. The fourth-order valence-electron chi connectivity index (χ4n) is 2.90. The highest BCUT2D eigenvalue weighted by Crippen LogP contribution is 2.22. The van der Waals surface area contributed by atoms with Crippen LogP contribution in [0.2, 0.25) is 0 Å². The Morgan fingerprint density at radius 2 is 1.49 bits per heavy atom. The molecule has 0 aliphatic rings. The van der Waals surface area contributed by atoms with E-state index < -0.39 is 24.5 Å². The number of ether oxygens (including phenoxy) is 3. The highest BCUT2D eigenvalue weighted by atomic mass is 19.4. The molecule has 0 aromatic heterocycles. The average Bonchev–Trinajstić information content (AvgIpc) is 2.85. The molecule has 3 aromatic rings. The summed E-state index contributed by atoms with van der Waals surface area (Å²) in [5, 5.41) is 0. The van der Waals surface area contributed by atoms with Crippen LogP contribution < -0.4 is 9.47 Å². The molecule has 3 aromatic carbocycles. The van der Waals surface area contributed by atoms with Gasteiger partial charge in [-0.25, -0.2) is 9.59 Å². The van der Waals surface area contributed by atoms with Crippen molar-refractivity contribution in [3.05, 3.63) is 102 Å². The van der Waals surface area contributed by atoms with Crippen molar-refractivity contribution >= 4 is 18.0 Å². The SMILES string of the molecule is O=C(/C=C/c1ccc(OC(=O)c2ccc(OCCCC(F)(F)F)cc2)cc1)OCc1ccccc1. The molecule has 0 aliphatic carbocycles. The molecule has 35 heavy (non-hydrogen) atoms. The fourth-order valence-corrected chi connectivity index (χ4v) is 2.90. The summed E-state index contributed by atoms with van der Waals surface area (Å²) in [4.78, 5) is 24.2. The molecule has 0 saturated carbocycles. The summed E-state index contributed by atoms with van der Waals surface area (Å²) in [5.41, 5.74) is 1.87. The van der Waals surface area contributed by atoms with Crippen molar-refractivity contribution in [2.45, 2.75) is 25.6 Å². The van der Waals surface area contributed by atoms with Gasteiger partial charge in [0.1, 0.15) is 18.1 Å². The summed E-state index contributed by atoms with van der Waals surface area (Å²) < 4.78 is 52.2. The number of hydrogen-bond acceptors (Lipinski definition) is 5. The molecule has 0 amide bonds. The van der Waals surface area contributed by atoms with E-state index in [1.54, 1.807) is 30.3 Å². The van der Waals surface area contributed by atoms with Crippen LogP contribution in [0.5, 0.6) is 11.5 Å². The Morgan fingerprint density at radius 1 is 0.829 bits per heavy atom.